The summed E-state index contributed by atoms with van der Waals surface area (Å²) in [6.07, 6.45) is 0.979. The van der Waals surface area contributed by atoms with Crippen molar-refractivity contribution in [2.45, 2.75) is 46.3 Å². The second kappa shape index (κ2) is 6.43. The largest absolute Gasteiger partial charge is 0.338 e. The highest BCUT2D eigenvalue weighted by atomic mass is 32.1. The molecule has 0 fully saturated rings. The second-order valence-electron chi connectivity index (χ2n) is 4.81. The molecule has 0 spiro atoms. The van der Waals surface area contributed by atoms with Gasteiger partial charge in [0.2, 0.25) is 5.89 Å². The highest BCUT2D eigenvalue weighted by Gasteiger charge is 2.19. The van der Waals surface area contributed by atoms with Crippen LogP contribution in [0.2, 0.25) is 0 Å². The molecule has 0 aliphatic heterocycles. The Labute approximate surface area is 123 Å². The van der Waals surface area contributed by atoms with Gasteiger partial charge in [0, 0.05) is 10.9 Å². The monoisotopic (exact) mass is 295 g/mol. The Morgan fingerprint density at radius 1 is 1.40 bits per heavy atom. The highest BCUT2D eigenvalue weighted by Crippen LogP contribution is 2.29. The van der Waals surface area contributed by atoms with E-state index in [1.807, 2.05) is 7.05 Å². The standard InChI is InChI=1S/C13H21N5OS/c1-5-12-15-8(2)13(20-12)9(3)18(4)7-10-16-11(6-14)19-17-10/h9H,5-7,14H2,1-4H3. The van der Waals surface area contributed by atoms with Crippen LogP contribution in [-0.2, 0) is 19.5 Å². The molecule has 0 saturated carbocycles. The molecule has 0 bridgehead atoms. The van der Waals surface area contributed by atoms with Gasteiger partial charge in [0.25, 0.3) is 0 Å². The van der Waals surface area contributed by atoms with Crippen LogP contribution in [0.5, 0.6) is 0 Å². The molecule has 1 atom stereocenters. The second-order valence-corrected chi connectivity index (χ2v) is 5.93. The van der Waals surface area contributed by atoms with E-state index in [0.29, 0.717) is 18.3 Å². The van der Waals surface area contributed by atoms with Crippen molar-refractivity contribution in [3.63, 3.8) is 0 Å². The number of rotatable bonds is 6. The summed E-state index contributed by atoms with van der Waals surface area (Å²) in [4.78, 5) is 12.3. The van der Waals surface area contributed by atoms with Crippen molar-refractivity contribution in [3.05, 3.63) is 27.3 Å². The summed E-state index contributed by atoms with van der Waals surface area (Å²) in [6, 6.07) is 0.271. The van der Waals surface area contributed by atoms with Crippen LogP contribution in [-0.4, -0.2) is 27.1 Å². The van der Waals surface area contributed by atoms with Crippen molar-refractivity contribution in [1.82, 2.24) is 20.0 Å². The van der Waals surface area contributed by atoms with Crippen LogP contribution in [0.1, 0.15) is 47.2 Å². The Balaban J connectivity index is 2.07. The number of nitrogens with two attached hydrogens (primary N) is 1. The molecule has 2 heterocycles. The summed E-state index contributed by atoms with van der Waals surface area (Å²) < 4.78 is 5.02. The van der Waals surface area contributed by atoms with Gasteiger partial charge in [0.15, 0.2) is 5.82 Å². The first-order chi connectivity index (χ1) is 9.55. The van der Waals surface area contributed by atoms with Crippen molar-refractivity contribution < 1.29 is 4.52 Å². The molecule has 1 unspecified atom stereocenters. The minimum Gasteiger partial charge on any atom is -0.338 e. The maximum absolute atomic E-state index is 5.47. The van der Waals surface area contributed by atoms with E-state index >= 15 is 0 Å². The van der Waals surface area contributed by atoms with Crippen molar-refractivity contribution in [2.75, 3.05) is 7.05 Å². The van der Waals surface area contributed by atoms with Crippen LogP contribution in [0, 0.1) is 6.92 Å². The summed E-state index contributed by atoms with van der Waals surface area (Å²) in [6.45, 7) is 7.27. The topological polar surface area (TPSA) is 81.1 Å². The fourth-order valence-electron chi connectivity index (χ4n) is 2.00. The predicted octanol–water partition coefficient (Wildman–Crippen LogP) is 2.05. The lowest BCUT2D eigenvalue weighted by Gasteiger charge is -2.22. The molecule has 7 heteroatoms. The van der Waals surface area contributed by atoms with Gasteiger partial charge in [-0.2, -0.15) is 4.98 Å². The molecule has 20 heavy (non-hydrogen) atoms. The molecule has 0 aliphatic carbocycles. The fraction of sp³-hybridized carbons (Fsp3) is 0.615. The first-order valence-corrected chi connectivity index (χ1v) is 7.54. The summed E-state index contributed by atoms with van der Waals surface area (Å²) in [5.74, 6) is 1.14. The van der Waals surface area contributed by atoms with Gasteiger partial charge in [-0.3, -0.25) is 4.90 Å². The number of nitrogens with zero attached hydrogens (tertiary/aromatic N) is 4. The minimum atomic E-state index is 0.271. The third kappa shape index (κ3) is 3.23. The molecule has 6 nitrogen and oxygen atoms in total. The van der Waals surface area contributed by atoms with Gasteiger partial charge < -0.3 is 10.3 Å². The lowest BCUT2D eigenvalue weighted by atomic mass is 10.2. The lowest BCUT2D eigenvalue weighted by molar-refractivity contribution is 0.244. The van der Waals surface area contributed by atoms with Crippen molar-refractivity contribution in [1.29, 1.82) is 0 Å². The molecular formula is C13H21N5OS. The number of hydrogen-bond donors (Lipinski definition) is 1. The summed E-state index contributed by atoms with van der Waals surface area (Å²) in [7, 11) is 2.05. The van der Waals surface area contributed by atoms with E-state index in [1.54, 1.807) is 11.3 Å². The van der Waals surface area contributed by atoms with Crippen molar-refractivity contribution in [2.24, 2.45) is 5.73 Å². The van der Waals surface area contributed by atoms with Crippen molar-refractivity contribution in [3.8, 4) is 0 Å². The van der Waals surface area contributed by atoms with Crippen LogP contribution < -0.4 is 5.73 Å². The molecule has 0 aromatic carbocycles. The molecule has 2 rings (SSSR count). The summed E-state index contributed by atoms with van der Waals surface area (Å²) >= 11 is 1.78. The van der Waals surface area contributed by atoms with Gasteiger partial charge >= 0.3 is 0 Å². The zero-order valence-electron chi connectivity index (χ0n) is 12.4. The fourth-order valence-corrected chi connectivity index (χ4v) is 3.13. The maximum Gasteiger partial charge on any atom is 0.240 e. The number of aromatic nitrogens is 3. The highest BCUT2D eigenvalue weighted by molar-refractivity contribution is 7.11. The van der Waals surface area contributed by atoms with Gasteiger partial charge in [-0.15, -0.1) is 11.3 Å². The summed E-state index contributed by atoms with van der Waals surface area (Å²) in [5.41, 5.74) is 6.58. The SMILES string of the molecule is CCc1nc(C)c(C(C)N(C)Cc2noc(CN)n2)s1. The Morgan fingerprint density at radius 3 is 2.70 bits per heavy atom. The molecule has 0 radical (unpaired) electrons. The van der Waals surface area contributed by atoms with E-state index in [1.165, 1.54) is 9.88 Å². The Bertz CT molecular complexity index is 565. The molecule has 0 saturated heterocycles. The number of thiazole rings is 1. The Morgan fingerprint density at radius 2 is 2.15 bits per heavy atom. The quantitative estimate of drug-likeness (QED) is 0.878. The zero-order chi connectivity index (χ0) is 14.7. The predicted molar refractivity (Wildman–Crippen MR) is 78.3 cm³/mol. The molecule has 2 N–H and O–H groups in total. The first kappa shape index (κ1) is 15.1. The molecule has 0 aliphatic rings. The molecule has 2 aromatic rings. The van der Waals surface area contributed by atoms with Gasteiger partial charge in [-0.05, 0) is 27.3 Å². The zero-order valence-corrected chi connectivity index (χ0v) is 13.2. The summed E-state index contributed by atoms with van der Waals surface area (Å²) in [5, 5.41) is 5.11. The minimum absolute atomic E-state index is 0.271. The van der Waals surface area contributed by atoms with Crippen LogP contribution in [0.15, 0.2) is 4.52 Å². The molecule has 0 amide bonds. The van der Waals surface area contributed by atoms with E-state index in [0.717, 1.165) is 12.1 Å². The third-order valence-corrected chi connectivity index (χ3v) is 4.77. The number of hydrogen-bond acceptors (Lipinski definition) is 7. The van der Waals surface area contributed by atoms with Crippen LogP contribution >= 0.6 is 11.3 Å². The first-order valence-electron chi connectivity index (χ1n) is 6.73. The maximum atomic E-state index is 5.47. The third-order valence-electron chi connectivity index (χ3n) is 3.30. The average molecular weight is 295 g/mol. The number of aryl methyl sites for hydroxylation is 2. The van der Waals surface area contributed by atoms with Crippen LogP contribution in [0.25, 0.3) is 0 Å². The van der Waals surface area contributed by atoms with E-state index < -0.39 is 0 Å². The normalized spacial score (nSPS) is 13.1. The Hall–Kier alpha value is -1.31. The smallest absolute Gasteiger partial charge is 0.240 e. The van der Waals surface area contributed by atoms with Crippen LogP contribution in [0.3, 0.4) is 0 Å². The van der Waals surface area contributed by atoms with Gasteiger partial charge in [-0.25, -0.2) is 4.98 Å². The van der Waals surface area contributed by atoms with Crippen molar-refractivity contribution >= 4 is 11.3 Å². The van der Waals surface area contributed by atoms with Gasteiger partial charge in [-0.1, -0.05) is 12.1 Å². The van der Waals surface area contributed by atoms with E-state index in [4.69, 9.17) is 10.3 Å². The molecule has 110 valence electrons. The van der Waals surface area contributed by atoms with Crippen LogP contribution in [0.4, 0.5) is 0 Å². The lowest BCUT2D eigenvalue weighted by Crippen LogP contribution is -2.22. The van der Waals surface area contributed by atoms with Gasteiger partial charge in [0.1, 0.15) is 0 Å². The molecular weight excluding hydrogens is 274 g/mol. The molecule has 2 aromatic heterocycles. The van der Waals surface area contributed by atoms with E-state index in [2.05, 4.69) is 40.8 Å². The Kier molecular flexibility index (Phi) is 4.85. The van der Waals surface area contributed by atoms with E-state index in [-0.39, 0.29) is 12.6 Å². The van der Waals surface area contributed by atoms with E-state index in [9.17, 15) is 0 Å². The van der Waals surface area contributed by atoms with Gasteiger partial charge in [0.05, 0.1) is 23.8 Å². The average Bonchev–Trinajstić information content (AvgIpc) is 3.04.